The first-order chi connectivity index (χ1) is 12.6. The maximum atomic E-state index is 5.79. The second-order valence-corrected chi connectivity index (χ2v) is 7.87. The van der Waals surface area contributed by atoms with Crippen LogP contribution in [-0.4, -0.2) is 21.1 Å². The zero-order chi connectivity index (χ0) is 18.1. The summed E-state index contributed by atoms with van der Waals surface area (Å²) in [6.45, 7) is 3.93. The van der Waals surface area contributed by atoms with Gasteiger partial charge in [-0.2, -0.15) is 0 Å². The van der Waals surface area contributed by atoms with Crippen molar-refractivity contribution in [2.45, 2.75) is 19.5 Å². The monoisotopic (exact) mass is 425 g/mol. The summed E-state index contributed by atoms with van der Waals surface area (Å²) in [5.74, 6) is 0. The van der Waals surface area contributed by atoms with Crippen LogP contribution in [0.1, 0.15) is 22.9 Å². The van der Waals surface area contributed by atoms with Gasteiger partial charge in [0.25, 0.3) is 0 Å². The van der Waals surface area contributed by atoms with E-state index in [4.69, 9.17) is 12.2 Å². The average molecular weight is 426 g/mol. The van der Waals surface area contributed by atoms with Gasteiger partial charge in [0.05, 0.1) is 6.04 Å². The zero-order valence-electron chi connectivity index (χ0n) is 14.5. The number of aromatic nitrogens is 1. The lowest BCUT2D eigenvalue weighted by molar-refractivity contribution is 0.293. The van der Waals surface area contributed by atoms with Gasteiger partial charge in [0.15, 0.2) is 5.11 Å². The first-order valence-electron chi connectivity index (χ1n) is 8.66. The number of rotatable bonds is 2. The summed E-state index contributed by atoms with van der Waals surface area (Å²) in [6.07, 6.45) is 2.15. The van der Waals surface area contributed by atoms with E-state index in [1.807, 2.05) is 24.3 Å². The fourth-order valence-corrected chi connectivity index (χ4v) is 4.01. The second-order valence-electron chi connectivity index (χ2n) is 6.57. The SMILES string of the molecule is Cc1ccc([C@H]2c3cccn3CCN2C(=S)Nc2ccc(Br)cc2)cc1. The Kier molecular flexibility index (Phi) is 4.83. The number of thiocarbonyl (C=S) groups is 1. The fraction of sp³-hybridized carbons (Fsp3) is 0.190. The summed E-state index contributed by atoms with van der Waals surface area (Å²) in [5, 5.41) is 4.16. The van der Waals surface area contributed by atoms with Gasteiger partial charge in [-0.05, 0) is 61.1 Å². The summed E-state index contributed by atoms with van der Waals surface area (Å²) >= 11 is 9.26. The van der Waals surface area contributed by atoms with Crippen molar-refractivity contribution in [2.75, 3.05) is 11.9 Å². The Labute approximate surface area is 167 Å². The van der Waals surface area contributed by atoms with Crippen LogP contribution in [0, 0.1) is 6.92 Å². The third-order valence-corrected chi connectivity index (χ3v) is 5.65. The molecule has 0 unspecified atom stereocenters. The highest BCUT2D eigenvalue weighted by Gasteiger charge is 2.30. The lowest BCUT2D eigenvalue weighted by Gasteiger charge is -2.39. The molecule has 1 aliphatic heterocycles. The minimum Gasteiger partial charge on any atom is -0.348 e. The van der Waals surface area contributed by atoms with Crippen molar-refractivity contribution in [3.63, 3.8) is 0 Å². The molecule has 1 aromatic heterocycles. The van der Waals surface area contributed by atoms with Crippen LogP contribution in [0.2, 0.25) is 0 Å². The summed E-state index contributed by atoms with van der Waals surface area (Å²) in [5.41, 5.74) is 4.80. The molecule has 5 heteroatoms. The van der Waals surface area contributed by atoms with E-state index >= 15 is 0 Å². The zero-order valence-corrected chi connectivity index (χ0v) is 16.9. The van der Waals surface area contributed by atoms with Crippen molar-refractivity contribution >= 4 is 38.9 Å². The first kappa shape index (κ1) is 17.3. The summed E-state index contributed by atoms with van der Waals surface area (Å²) in [6, 6.07) is 21.3. The summed E-state index contributed by atoms with van der Waals surface area (Å²) in [4.78, 5) is 2.29. The van der Waals surface area contributed by atoms with Crippen LogP contribution in [0.4, 0.5) is 5.69 Å². The Bertz CT molecular complexity index is 915. The van der Waals surface area contributed by atoms with Gasteiger partial charge in [-0.25, -0.2) is 0 Å². The highest BCUT2D eigenvalue weighted by Crippen LogP contribution is 2.33. The molecular weight excluding hydrogens is 406 g/mol. The number of benzene rings is 2. The van der Waals surface area contributed by atoms with Gasteiger partial charge in [0.1, 0.15) is 0 Å². The first-order valence-corrected chi connectivity index (χ1v) is 9.87. The minimum absolute atomic E-state index is 0.120. The molecule has 2 heterocycles. The van der Waals surface area contributed by atoms with Crippen LogP contribution in [-0.2, 0) is 6.54 Å². The number of halogens is 1. The molecule has 4 rings (SSSR count). The average Bonchev–Trinajstić information content (AvgIpc) is 3.12. The Morgan fingerprint density at radius 2 is 1.77 bits per heavy atom. The number of anilines is 1. The van der Waals surface area contributed by atoms with E-state index in [0.717, 1.165) is 28.4 Å². The molecular formula is C21H20BrN3S. The van der Waals surface area contributed by atoms with Crippen LogP contribution >= 0.6 is 28.1 Å². The molecule has 132 valence electrons. The third kappa shape index (κ3) is 3.41. The van der Waals surface area contributed by atoms with Crippen LogP contribution in [0.3, 0.4) is 0 Å². The van der Waals surface area contributed by atoms with Gasteiger partial charge in [-0.3, -0.25) is 0 Å². The van der Waals surface area contributed by atoms with Crippen molar-refractivity contribution in [1.82, 2.24) is 9.47 Å². The highest BCUT2D eigenvalue weighted by molar-refractivity contribution is 9.10. The largest absolute Gasteiger partial charge is 0.348 e. The molecule has 0 fully saturated rings. The number of fused-ring (bicyclic) bond motifs is 1. The van der Waals surface area contributed by atoms with Gasteiger partial charge in [-0.15, -0.1) is 0 Å². The Hall–Kier alpha value is -2.11. The van der Waals surface area contributed by atoms with E-state index in [0.29, 0.717) is 0 Å². The van der Waals surface area contributed by atoms with E-state index in [9.17, 15) is 0 Å². The van der Waals surface area contributed by atoms with Crippen LogP contribution in [0.5, 0.6) is 0 Å². The quantitative estimate of drug-likeness (QED) is 0.557. The van der Waals surface area contributed by atoms with Crippen LogP contribution in [0.25, 0.3) is 0 Å². The lowest BCUT2D eigenvalue weighted by Crippen LogP contribution is -2.44. The number of hydrogen-bond acceptors (Lipinski definition) is 1. The smallest absolute Gasteiger partial charge is 0.174 e. The molecule has 2 aromatic carbocycles. The predicted molar refractivity (Wildman–Crippen MR) is 115 cm³/mol. The van der Waals surface area contributed by atoms with Gasteiger partial charge in [0, 0.05) is 35.1 Å². The van der Waals surface area contributed by atoms with Crippen LogP contribution < -0.4 is 5.32 Å². The molecule has 0 radical (unpaired) electrons. The second kappa shape index (κ2) is 7.25. The predicted octanol–water partition coefficient (Wildman–Crippen LogP) is 5.36. The molecule has 0 spiro atoms. The van der Waals surface area contributed by atoms with Gasteiger partial charge in [0.2, 0.25) is 0 Å². The van der Waals surface area contributed by atoms with Crippen molar-refractivity contribution in [1.29, 1.82) is 0 Å². The van der Waals surface area contributed by atoms with Crippen molar-refractivity contribution < 1.29 is 0 Å². The molecule has 3 aromatic rings. The molecule has 26 heavy (non-hydrogen) atoms. The molecule has 3 nitrogen and oxygen atoms in total. The normalized spacial score (nSPS) is 16.2. The topological polar surface area (TPSA) is 20.2 Å². The molecule has 0 saturated heterocycles. The molecule has 1 atom stereocenters. The molecule has 1 aliphatic rings. The summed E-state index contributed by atoms with van der Waals surface area (Å²) in [7, 11) is 0. The van der Waals surface area contributed by atoms with E-state index in [1.54, 1.807) is 0 Å². The van der Waals surface area contributed by atoms with Crippen molar-refractivity contribution in [3.05, 3.63) is 88.2 Å². The molecule has 1 N–H and O–H groups in total. The maximum absolute atomic E-state index is 5.79. The standard InChI is InChI=1S/C21H20BrN3S/c1-15-4-6-16(7-5-15)20-19-3-2-12-24(19)13-14-25(20)21(26)23-18-10-8-17(22)9-11-18/h2-12,20H,13-14H2,1H3,(H,23,26)/t20-/m0/s1. The molecule has 0 bridgehead atoms. The minimum atomic E-state index is 0.120. The van der Waals surface area contributed by atoms with Gasteiger partial charge < -0.3 is 14.8 Å². The molecule has 0 amide bonds. The lowest BCUT2D eigenvalue weighted by atomic mass is 9.99. The molecule has 0 aliphatic carbocycles. The Balaban J connectivity index is 1.66. The number of nitrogens with zero attached hydrogens (tertiary/aromatic N) is 2. The summed E-state index contributed by atoms with van der Waals surface area (Å²) < 4.78 is 3.38. The Morgan fingerprint density at radius 1 is 1.04 bits per heavy atom. The fourth-order valence-electron chi connectivity index (χ4n) is 3.43. The Morgan fingerprint density at radius 3 is 2.50 bits per heavy atom. The van der Waals surface area contributed by atoms with Crippen molar-refractivity contribution in [2.24, 2.45) is 0 Å². The van der Waals surface area contributed by atoms with E-state index < -0.39 is 0 Å². The number of aryl methyl sites for hydroxylation is 1. The maximum Gasteiger partial charge on any atom is 0.174 e. The molecule has 0 saturated carbocycles. The van der Waals surface area contributed by atoms with Crippen LogP contribution in [0.15, 0.2) is 71.3 Å². The van der Waals surface area contributed by atoms with E-state index in [-0.39, 0.29) is 6.04 Å². The number of hydrogen-bond donors (Lipinski definition) is 1. The third-order valence-electron chi connectivity index (χ3n) is 4.79. The van der Waals surface area contributed by atoms with Gasteiger partial charge in [-0.1, -0.05) is 45.8 Å². The van der Waals surface area contributed by atoms with Crippen molar-refractivity contribution in [3.8, 4) is 0 Å². The van der Waals surface area contributed by atoms with E-state index in [2.05, 4.69) is 80.2 Å². The number of nitrogens with one attached hydrogen (secondary N) is 1. The van der Waals surface area contributed by atoms with Gasteiger partial charge >= 0.3 is 0 Å². The van der Waals surface area contributed by atoms with E-state index in [1.165, 1.54) is 16.8 Å². The highest BCUT2D eigenvalue weighted by atomic mass is 79.9.